The minimum absolute atomic E-state index is 0.256. The first-order valence-electron chi connectivity index (χ1n) is 9.66. The summed E-state index contributed by atoms with van der Waals surface area (Å²) in [6.07, 6.45) is 4.67. The van der Waals surface area contributed by atoms with Gasteiger partial charge in [-0.05, 0) is 48.5 Å². The number of methoxy groups -OCH3 is 2. The van der Waals surface area contributed by atoms with E-state index in [1.807, 2.05) is 0 Å². The molecule has 7 nitrogen and oxygen atoms in total. The molecule has 0 aliphatic heterocycles. The van der Waals surface area contributed by atoms with Gasteiger partial charge in [0.25, 0.3) is 5.91 Å². The van der Waals surface area contributed by atoms with Crippen LogP contribution < -0.4 is 14.8 Å². The lowest BCUT2D eigenvalue weighted by molar-refractivity contribution is 0.102. The number of ether oxygens (including phenoxy) is 2. The highest BCUT2D eigenvalue weighted by atomic mass is 19.1. The second-order valence-corrected chi connectivity index (χ2v) is 6.72. The zero-order valence-electron chi connectivity index (χ0n) is 17.4. The summed E-state index contributed by atoms with van der Waals surface area (Å²) in [4.78, 5) is 26.2. The average Bonchev–Trinajstić information content (AvgIpc) is 2.84. The number of nitrogens with zero attached hydrogens (tertiary/aromatic N) is 3. The van der Waals surface area contributed by atoms with E-state index in [4.69, 9.17) is 9.47 Å². The Morgan fingerprint density at radius 2 is 1.69 bits per heavy atom. The van der Waals surface area contributed by atoms with Gasteiger partial charge in [-0.15, -0.1) is 0 Å². The van der Waals surface area contributed by atoms with Crippen LogP contribution in [-0.2, 0) is 0 Å². The molecule has 1 N–H and O–H groups in total. The molecule has 0 saturated heterocycles. The number of anilines is 1. The van der Waals surface area contributed by atoms with Crippen molar-refractivity contribution in [2.75, 3.05) is 19.5 Å². The van der Waals surface area contributed by atoms with E-state index in [2.05, 4.69) is 20.3 Å². The molecule has 160 valence electrons. The number of aromatic nitrogens is 3. The number of hydrogen-bond acceptors (Lipinski definition) is 6. The summed E-state index contributed by atoms with van der Waals surface area (Å²) in [6, 6.07) is 14.4. The highest BCUT2D eigenvalue weighted by molar-refractivity contribution is 6.08. The quantitative estimate of drug-likeness (QED) is 0.481. The van der Waals surface area contributed by atoms with Crippen molar-refractivity contribution in [1.29, 1.82) is 0 Å². The lowest BCUT2D eigenvalue weighted by Crippen LogP contribution is -2.15. The summed E-state index contributed by atoms with van der Waals surface area (Å²) in [5.41, 5.74) is 2.44. The first kappa shape index (κ1) is 20.9. The largest absolute Gasteiger partial charge is 0.497 e. The van der Waals surface area contributed by atoms with Gasteiger partial charge in [0.2, 0.25) is 0 Å². The Morgan fingerprint density at radius 1 is 0.938 bits per heavy atom. The van der Waals surface area contributed by atoms with Gasteiger partial charge >= 0.3 is 0 Å². The number of nitrogens with one attached hydrogen (secondary N) is 1. The van der Waals surface area contributed by atoms with Gasteiger partial charge in [0.15, 0.2) is 5.82 Å². The summed E-state index contributed by atoms with van der Waals surface area (Å²) in [5.74, 6) is 0.638. The fraction of sp³-hybridized carbons (Fsp3) is 0.0833. The van der Waals surface area contributed by atoms with Gasteiger partial charge < -0.3 is 14.8 Å². The number of hydrogen-bond donors (Lipinski definition) is 1. The summed E-state index contributed by atoms with van der Waals surface area (Å²) < 4.78 is 23.9. The van der Waals surface area contributed by atoms with Crippen molar-refractivity contribution in [3.63, 3.8) is 0 Å². The molecule has 0 fully saturated rings. The highest BCUT2D eigenvalue weighted by Gasteiger charge is 2.19. The molecular weight excluding hydrogens is 411 g/mol. The summed E-state index contributed by atoms with van der Waals surface area (Å²) in [6.45, 7) is 0. The van der Waals surface area contributed by atoms with Crippen molar-refractivity contribution in [1.82, 2.24) is 15.0 Å². The van der Waals surface area contributed by atoms with Crippen LogP contribution in [0.3, 0.4) is 0 Å². The van der Waals surface area contributed by atoms with E-state index < -0.39 is 5.91 Å². The third-order valence-electron chi connectivity index (χ3n) is 4.74. The zero-order chi connectivity index (χ0) is 22.5. The van der Waals surface area contributed by atoms with Gasteiger partial charge in [-0.2, -0.15) is 0 Å². The van der Waals surface area contributed by atoms with Gasteiger partial charge in [0.1, 0.15) is 17.3 Å². The summed E-state index contributed by atoms with van der Waals surface area (Å²) >= 11 is 0. The number of pyridine rings is 1. The molecular formula is C24H19FN4O3. The van der Waals surface area contributed by atoms with Crippen LogP contribution in [0.4, 0.5) is 10.1 Å². The highest BCUT2D eigenvalue weighted by Crippen LogP contribution is 2.31. The van der Waals surface area contributed by atoms with Crippen LogP contribution in [0.5, 0.6) is 11.5 Å². The summed E-state index contributed by atoms with van der Waals surface area (Å²) in [5, 5.41) is 2.84. The molecule has 2 aromatic carbocycles. The molecule has 2 aromatic heterocycles. The fourth-order valence-corrected chi connectivity index (χ4v) is 3.12. The van der Waals surface area contributed by atoms with Crippen LogP contribution in [0.2, 0.25) is 0 Å². The van der Waals surface area contributed by atoms with Crippen molar-refractivity contribution < 1.29 is 18.7 Å². The Bertz CT molecular complexity index is 1250. The minimum Gasteiger partial charge on any atom is -0.497 e. The topological polar surface area (TPSA) is 86.2 Å². The average molecular weight is 430 g/mol. The Balaban J connectivity index is 1.76. The molecule has 4 rings (SSSR count). The smallest absolute Gasteiger partial charge is 0.259 e. The third-order valence-corrected chi connectivity index (χ3v) is 4.74. The molecule has 0 radical (unpaired) electrons. The molecule has 0 atom stereocenters. The van der Waals surface area contributed by atoms with Crippen molar-refractivity contribution >= 4 is 11.6 Å². The van der Waals surface area contributed by atoms with E-state index in [-0.39, 0.29) is 11.4 Å². The normalized spacial score (nSPS) is 10.5. The Morgan fingerprint density at radius 3 is 2.38 bits per heavy atom. The number of carbonyl (C=O) groups excluding carboxylic acids is 1. The number of benzene rings is 2. The maximum Gasteiger partial charge on any atom is 0.259 e. The predicted octanol–water partition coefficient (Wildman–Crippen LogP) is 4.61. The molecule has 0 aliphatic rings. The number of rotatable bonds is 6. The van der Waals surface area contributed by atoms with Gasteiger partial charge in [-0.25, -0.2) is 14.4 Å². The maximum atomic E-state index is 13.3. The van der Waals surface area contributed by atoms with Crippen LogP contribution in [0.15, 0.2) is 73.2 Å². The first-order chi connectivity index (χ1) is 15.6. The Labute approximate surface area is 183 Å². The molecule has 0 saturated carbocycles. The second-order valence-electron chi connectivity index (χ2n) is 6.72. The molecule has 0 unspecified atom stereocenters. The van der Waals surface area contributed by atoms with Crippen LogP contribution >= 0.6 is 0 Å². The van der Waals surface area contributed by atoms with E-state index in [0.29, 0.717) is 39.8 Å². The Hall–Kier alpha value is -4.33. The van der Waals surface area contributed by atoms with E-state index >= 15 is 0 Å². The third kappa shape index (κ3) is 4.39. The van der Waals surface area contributed by atoms with Crippen molar-refractivity contribution in [3.05, 3.63) is 84.6 Å². The summed E-state index contributed by atoms with van der Waals surface area (Å²) in [7, 11) is 3.05. The van der Waals surface area contributed by atoms with E-state index in [1.165, 1.54) is 32.5 Å². The molecule has 0 bridgehead atoms. The van der Waals surface area contributed by atoms with Crippen molar-refractivity contribution in [2.45, 2.75) is 0 Å². The zero-order valence-corrected chi connectivity index (χ0v) is 17.4. The molecule has 1 amide bonds. The minimum atomic E-state index is -0.422. The molecule has 0 aliphatic carbocycles. The standard InChI is InChI=1S/C24H19FN4O3/c1-31-18-7-8-21(32-2)20(13-18)28-24(30)19-14-27-23(16-3-5-17(25)6-4-16)29-22(19)15-9-11-26-12-10-15/h3-14H,1-2H3,(H,28,30). The molecule has 2 heterocycles. The number of carbonyl (C=O) groups is 1. The Kier molecular flexibility index (Phi) is 6.03. The SMILES string of the molecule is COc1ccc(OC)c(NC(=O)c2cnc(-c3ccc(F)cc3)nc2-c2ccncc2)c1. The van der Waals surface area contributed by atoms with Crippen LogP contribution in [-0.4, -0.2) is 35.1 Å². The number of amides is 1. The number of halogens is 1. The van der Waals surface area contributed by atoms with Gasteiger partial charge in [-0.1, -0.05) is 0 Å². The van der Waals surface area contributed by atoms with Crippen LogP contribution in [0, 0.1) is 5.82 Å². The second kappa shape index (κ2) is 9.22. The lowest BCUT2D eigenvalue weighted by Gasteiger charge is -2.14. The van der Waals surface area contributed by atoms with Crippen molar-refractivity contribution in [2.24, 2.45) is 0 Å². The molecule has 8 heteroatoms. The predicted molar refractivity (Wildman–Crippen MR) is 118 cm³/mol. The van der Waals surface area contributed by atoms with E-state index in [9.17, 15) is 9.18 Å². The lowest BCUT2D eigenvalue weighted by atomic mass is 10.1. The van der Waals surface area contributed by atoms with E-state index in [1.54, 1.807) is 54.9 Å². The molecule has 4 aromatic rings. The monoisotopic (exact) mass is 430 g/mol. The fourth-order valence-electron chi connectivity index (χ4n) is 3.12. The molecule has 0 spiro atoms. The van der Waals surface area contributed by atoms with Crippen molar-refractivity contribution in [3.8, 4) is 34.1 Å². The first-order valence-corrected chi connectivity index (χ1v) is 9.66. The van der Waals surface area contributed by atoms with E-state index in [0.717, 1.165) is 0 Å². The molecule has 32 heavy (non-hydrogen) atoms. The van der Waals surface area contributed by atoms with Crippen LogP contribution in [0.25, 0.3) is 22.6 Å². The van der Waals surface area contributed by atoms with Gasteiger partial charge in [0, 0.05) is 35.8 Å². The maximum absolute atomic E-state index is 13.3. The van der Waals surface area contributed by atoms with Gasteiger partial charge in [-0.3, -0.25) is 9.78 Å². The van der Waals surface area contributed by atoms with Gasteiger partial charge in [0.05, 0.1) is 31.2 Å². The van der Waals surface area contributed by atoms with Crippen LogP contribution in [0.1, 0.15) is 10.4 Å².